The molecule has 0 radical (unpaired) electrons. The minimum absolute atomic E-state index is 0.0481. The molecule has 1 atom stereocenters. The van der Waals surface area contributed by atoms with E-state index in [0.29, 0.717) is 6.54 Å². The summed E-state index contributed by atoms with van der Waals surface area (Å²) in [6.07, 6.45) is 0. The van der Waals surface area contributed by atoms with Gasteiger partial charge in [0.2, 0.25) is 5.91 Å². The summed E-state index contributed by atoms with van der Waals surface area (Å²) in [5.74, 6) is -0.220. The zero-order chi connectivity index (χ0) is 12.4. The van der Waals surface area contributed by atoms with Crippen LogP contribution in [-0.2, 0) is 4.79 Å². The van der Waals surface area contributed by atoms with Crippen molar-refractivity contribution in [2.75, 3.05) is 11.9 Å². The number of carbonyl (C=O) groups excluding carboxylic acids is 1. The maximum Gasteiger partial charge on any atom is 0.228 e. The van der Waals surface area contributed by atoms with E-state index in [9.17, 15) is 4.79 Å². The van der Waals surface area contributed by atoms with Gasteiger partial charge in [-0.05, 0) is 25.1 Å². The molecule has 1 unspecified atom stereocenters. The Morgan fingerprint density at radius 3 is 3.06 bits per heavy atom. The van der Waals surface area contributed by atoms with Crippen molar-refractivity contribution in [3.8, 4) is 0 Å². The number of amides is 1. The fraction of sp³-hybridized carbons (Fsp3) is 0.333. The number of benzene rings is 1. The number of anilines is 1. The molecular formula is C12H15N3OS. The summed E-state index contributed by atoms with van der Waals surface area (Å²) >= 11 is 1.62. The molecule has 0 aliphatic carbocycles. The summed E-state index contributed by atoms with van der Waals surface area (Å²) in [5.41, 5.74) is 7.22. The van der Waals surface area contributed by atoms with Crippen LogP contribution in [0.25, 0.3) is 10.2 Å². The maximum atomic E-state index is 11.7. The first-order valence-corrected chi connectivity index (χ1v) is 6.30. The minimum Gasteiger partial charge on any atom is -0.330 e. The van der Waals surface area contributed by atoms with Gasteiger partial charge >= 0.3 is 0 Å². The van der Waals surface area contributed by atoms with Crippen molar-refractivity contribution in [3.63, 3.8) is 0 Å². The van der Waals surface area contributed by atoms with Gasteiger partial charge in [0.05, 0.1) is 15.2 Å². The molecule has 1 amide bonds. The highest BCUT2D eigenvalue weighted by Gasteiger charge is 2.11. The van der Waals surface area contributed by atoms with Gasteiger partial charge in [-0.2, -0.15) is 0 Å². The molecule has 0 aliphatic heterocycles. The molecule has 4 nitrogen and oxygen atoms in total. The molecule has 90 valence electrons. The van der Waals surface area contributed by atoms with E-state index in [1.54, 1.807) is 11.3 Å². The van der Waals surface area contributed by atoms with E-state index in [1.807, 2.05) is 32.0 Å². The van der Waals surface area contributed by atoms with Crippen LogP contribution in [0.4, 0.5) is 5.69 Å². The van der Waals surface area contributed by atoms with Crippen LogP contribution in [0.2, 0.25) is 0 Å². The Balaban J connectivity index is 2.22. The lowest BCUT2D eigenvalue weighted by atomic mass is 10.1. The standard InChI is InChI=1S/C12H15N3OS/c1-7(6-13)12(16)15-9-3-4-10-11(5-9)17-8(2)14-10/h3-5,7H,6,13H2,1-2H3,(H,15,16). The third kappa shape index (κ3) is 2.62. The quantitative estimate of drug-likeness (QED) is 0.875. The Kier molecular flexibility index (Phi) is 3.40. The monoisotopic (exact) mass is 249 g/mol. The van der Waals surface area contributed by atoms with Gasteiger partial charge in [-0.25, -0.2) is 4.98 Å². The highest BCUT2D eigenvalue weighted by molar-refractivity contribution is 7.18. The summed E-state index contributed by atoms with van der Waals surface area (Å²) in [6, 6.07) is 5.73. The lowest BCUT2D eigenvalue weighted by Gasteiger charge is -2.09. The maximum absolute atomic E-state index is 11.7. The van der Waals surface area contributed by atoms with Crippen molar-refractivity contribution < 1.29 is 4.79 Å². The number of thiazole rings is 1. The number of rotatable bonds is 3. The molecular weight excluding hydrogens is 234 g/mol. The van der Waals surface area contributed by atoms with Crippen molar-refractivity contribution in [2.45, 2.75) is 13.8 Å². The largest absolute Gasteiger partial charge is 0.330 e. The first kappa shape index (κ1) is 12.0. The molecule has 0 fully saturated rings. The molecule has 0 aliphatic rings. The van der Waals surface area contributed by atoms with Crippen LogP contribution in [0.3, 0.4) is 0 Å². The Labute approximate surface area is 104 Å². The van der Waals surface area contributed by atoms with Crippen LogP contribution < -0.4 is 11.1 Å². The number of aryl methyl sites for hydroxylation is 1. The van der Waals surface area contributed by atoms with Gasteiger partial charge in [-0.15, -0.1) is 11.3 Å². The minimum atomic E-state index is -0.172. The van der Waals surface area contributed by atoms with E-state index >= 15 is 0 Å². The molecule has 0 saturated carbocycles. The van der Waals surface area contributed by atoms with Crippen LogP contribution in [0.5, 0.6) is 0 Å². The van der Waals surface area contributed by atoms with Crippen LogP contribution in [-0.4, -0.2) is 17.4 Å². The molecule has 1 aromatic carbocycles. The van der Waals surface area contributed by atoms with E-state index in [0.717, 1.165) is 20.9 Å². The Hall–Kier alpha value is -1.46. The van der Waals surface area contributed by atoms with Gasteiger partial charge in [-0.1, -0.05) is 6.92 Å². The molecule has 0 spiro atoms. The first-order valence-electron chi connectivity index (χ1n) is 5.48. The topological polar surface area (TPSA) is 68.0 Å². The second-order valence-corrected chi connectivity index (χ2v) is 5.28. The Morgan fingerprint density at radius 1 is 1.59 bits per heavy atom. The highest BCUT2D eigenvalue weighted by atomic mass is 32.1. The third-order valence-electron chi connectivity index (χ3n) is 2.56. The van der Waals surface area contributed by atoms with Crippen molar-refractivity contribution >= 4 is 33.1 Å². The second-order valence-electron chi connectivity index (χ2n) is 4.04. The Morgan fingerprint density at radius 2 is 2.35 bits per heavy atom. The number of aromatic nitrogens is 1. The summed E-state index contributed by atoms with van der Waals surface area (Å²) < 4.78 is 1.08. The number of hydrogen-bond donors (Lipinski definition) is 2. The first-order chi connectivity index (χ1) is 8.10. The zero-order valence-electron chi connectivity index (χ0n) is 9.86. The fourth-order valence-corrected chi connectivity index (χ4v) is 2.36. The molecule has 0 saturated heterocycles. The SMILES string of the molecule is Cc1nc2ccc(NC(=O)C(C)CN)cc2s1. The number of nitrogens with zero attached hydrogens (tertiary/aromatic N) is 1. The van der Waals surface area contributed by atoms with Crippen molar-refractivity contribution in [1.82, 2.24) is 4.98 Å². The van der Waals surface area contributed by atoms with Gasteiger partial charge in [0.15, 0.2) is 0 Å². The second kappa shape index (κ2) is 4.81. The van der Waals surface area contributed by atoms with E-state index in [2.05, 4.69) is 10.3 Å². The molecule has 1 heterocycles. The predicted molar refractivity (Wildman–Crippen MR) is 71.2 cm³/mol. The smallest absolute Gasteiger partial charge is 0.228 e. The average molecular weight is 249 g/mol. The van der Waals surface area contributed by atoms with E-state index in [-0.39, 0.29) is 11.8 Å². The Bertz CT molecular complexity index is 550. The fourth-order valence-electron chi connectivity index (χ4n) is 1.49. The summed E-state index contributed by atoms with van der Waals surface area (Å²) in [5, 5.41) is 3.88. The average Bonchev–Trinajstić information content (AvgIpc) is 2.67. The number of hydrogen-bond acceptors (Lipinski definition) is 4. The van der Waals surface area contributed by atoms with Gasteiger partial charge in [0, 0.05) is 18.2 Å². The summed E-state index contributed by atoms with van der Waals surface area (Å²) in [7, 11) is 0. The molecule has 3 N–H and O–H groups in total. The molecule has 0 bridgehead atoms. The highest BCUT2D eigenvalue weighted by Crippen LogP contribution is 2.24. The van der Waals surface area contributed by atoms with Crippen molar-refractivity contribution in [2.24, 2.45) is 11.7 Å². The van der Waals surface area contributed by atoms with Gasteiger partial charge in [-0.3, -0.25) is 4.79 Å². The number of fused-ring (bicyclic) bond motifs is 1. The predicted octanol–water partition coefficient (Wildman–Crippen LogP) is 2.14. The van der Waals surface area contributed by atoms with Crippen LogP contribution >= 0.6 is 11.3 Å². The van der Waals surface area contributed by atoms with E-state index in [1.165, 1.54) is 0 Å². The van der Waals surface area contributed by atoms with Crippen LogP contribution in [0.15, 0.2) is 18.2 Å². The van der Waals surface area contributed by atoms with E-state index < -0.39 is 0 Å². The van der Waals surface area contributed by atoms with Gasteiger partial charge < -0.3 is 11.1 Å². The summed E-state index contributed by atoms with van der Waals surface area (Å²) in [6.45, 7) is 4.14. The zero-order valence-corrected chi connectivity index (χ0v) is 10.7. The molecule has 2 aromatic rings. The van der Waals surface area contributed by atoms with Crippen molar-refractivity contribution in [1.29, 1.82) is 0 Å². The number of nitrogens with one attached hydrogen (secondary N) is 1. The number of nitrogens with two attached hydrogens (primary N) is 1. The lowest BCUT2D eigenvalue weighted by molar-refractivity contribution is -0.119. The lowest BCUT2D eigenvalue weighted by Crippen LogP contribution is -2.26. The molecule has 1 aromatic heterocycles. The molecule has 17 heavy (non-hydrogen) atoms. The third-order valence-corrected chi connectivity index (χ3v) is 3.50. The molecule has 5 heteroatoms. The van der Waals surface area contributed by atoms with Crippen LogP contribution in [0, 0.1) is 12.8 Å². The molecule has 2 rings (SSSR count). The van der Waals surface area contributed by atoms with Gasteiger partial charge in [0.1, 0.15) is 0 Å². The number of carbonyl (C=O) groups is 1. The van der Waals surface area contributed by atoms with Crippen LogP contribution in [0.1, 0.15) is 11.9 Å². The van der Waals surface area contributed by atoms with E-state index in [4.69, 9.17) is 5.73 Å². The normalized spacial score (nSPS) is 12.6. The van der Waals surface area contributed by atoms with Crippen molar-refractivity contribution in [3.05, 3.63) is 23.2 Å². The van der Waals surface area contributed by atoms with Gasteiger partial charge in [0.25, 0.3) is 0 Å². The summed E-state index contributed by atoms with van der Waals surface area (Å²) in [4.78, 5) is 16.1.